The lowest BCUT2D eigenvalue weighted by molar-refractivity contribution is -0.177. The first-order valence-corrected chi connectivity index (χ1v) is 8.69. The van der Waals surface area contributed by atoms with Gasteiger partial charge >= 0.3 is 17.9 Å². The van der Waals surface area contributed by atoms with Gasteiger partial charge in [0.05, 0.1) is 13.2 Å². The van der Waals surface area contributed by atoms with Crippen LogP contribution in [0.2, 0.25) is 0 Å². The molecule has 9 nitrogen and oxygen atoms in total. The first-order chi connectivity index (χ1) is 13.4. The Morgan fingerprint density at radius 2 is 1.61 bits per heavy atom. The number of rotatable bonds is 13. The van der Waals surface area contributed by atoms with Crippen molar-refractivity contribution in [2.24, 2.45) is 0 Å². The van der Waals surface area contributed by atoms with E-state index in [1.165, 1.54) is 21.0 Å². The number of benzene rings is 1. The highest BCUT2D eigenvalue weighted by atomic mass is 16.7. The molecule has 156 valence electrons. The summed E-state index contributed by atoms with van der Waals surface area (Å²) in [5.74, 6) is -2.33. The highest BCUT2D eigenvalue weighted by Gasteiger charge is 2.22. The molecule has 0 radical (unpaired) electrons. The molecule has 0 spiro atoms. The lowest BCUT2D eigenvalue weighted by Crippen LogP contribution is -2.31. The van der Waals surface area contributed by atoms with Crippen molar-refractivity contribution in [2.45, 2.75) is 32.7 Å². The number of esters is 3. The van der Waals surface area contributed by atoms with Gasteiger partial charge in [-0.05, 0) is 19.4 Å². The Hall–Kier alpha value is -2.49. The van der Waals surface area contributed by atoms with Gasteiger partial charge < -0.3 is 28.4 Å². The fourth-order valence-electron chi connectivity index (χ4n) is 1.79. The van der Waals surface area contributed by atoms with E-state index in [9.17, 15) is 14.4 Å². The molecule has 0 amide bonds. The lowest BCUT2D eigenvalue weighted by atomic mass is 10.2. The van der Waals surface area contributed by atoms with E-state index in [4.69, 9.17) is 28.4 Å². The first-order valence-electron chi connectivity index (χ1n) is 8.69. The average Bonchev–Trinajstić information content (AvgIpc) is 2.70. The SMILES string of the molecule is COCCOCOC(C)C(=O)OCC(=O)OC(C)C(=O)OCc1ccccc1. The van der Waals surface area contributed by atoms with E-state index in [0.29, 0.717) is 13.2 Å². The van der Waals surface area contributed by atoms with Crippen LogP contribution >= 0.6 is 0 Å². The van der Waals surface area contributed by atoms with E-state index < -0.39 is 36.7 Å². The van der Waals surface area contributed by atoms with Crippen LogP contribution in [0.4, 0.5) is 0 Å². The minimum absolute atomic E-state index is 0.0673. The quantitative estimate of drug-likeness (QED) is 0.210. The van der Waals surface area contributed by atoms with Crippen molar-refractivity contribution in [1.82, 2.24) is 0 Å². The van der Waals surface area contributed by atoms with Crippen molar-refractivity contribution in [2.75, 3.05) is 33.7 Å². The molecule has 0 aliphatic carbocycles. The van der Waals surface area contributed by atoms with Crippen molar-refractivity contribution in [3.8, 4) is 0 Å². The van der Waals surface area contributed by atoms with Crippen LogP contribution < -0.4 is 0 Å². The Morgan fingerprint density at radius 3 is 2.29 bits per heavy atom. The molecule has 1 rings (SSSR count). The normalized spacial score (nSPS) is 12.7. The molecular formula is C19H26O9. The molecule has 9 heteroatoms. The number of carbonyl (C=O) groups excluding carboxylic acids is 3. The Bertz CT molecular complexity index is 603. The summed E-state index contributed by atoms with van der Waals surface area (Å²) in [6, 6.07) is 9.08. The van der Waals surface area contributed by atoms with Crippen LogP contribution in [-0.2, 0) is 49.4 Å². The van der Waals surface area contributed by atoms with Crippen molar-refractivity contribution >= 4 is 17.9 Å². The van der Waals surface area contributed by atoms with Gasteiger partial charge in [0, 0.05) is 7.11 Å². The van der Waals surface area contributed by atoms with E-state index in [1.807, 2.05) is 18.2 Å². The number of hydrogen-bond donors (Lipinski definition) is 0. The predicted molar refractivity (Wildman–Crippen MR) is 96.0 cm³/mol. The molecule has 0 bridgehead atoms. The molecule has 0 aromatic heterocycles. The molecule has 0 aliphatic rings. The van der Waals surface area contributed by atoms with Crippen molar-refractivity contribution in [3.63, 3.8) is 0 Å². The van der Waals surface area contributed by atoms with Crippen molar-refractivity contribution in [1.29, 1.82) is 0 Å². The fraction of sp³-hybridized carbons (Fsp3) is 0.526. The molecule has 0 N–H and O–H groups in total. The van der Waals surface area contributed by atoms with E-state index >= 15 is 0 Å². The van der Waals surface area contributed by atoms with Crippen molar-refractivity contribution < 1.29 is 42.8 Å². The van der Waals surface area contributed by atoms with Gasteiger partial charge in [0.25, 0.3) is 0 Å². The lowest BCUT2D eigenvalue weighted by Gasteiger charge is -2.14. The first kappa shape index (κ1) is 23.5. The minimum atomic E-state index is -1.13. The summed E-state index contributed by atoms with van der Waals surface area (Å²) in [7, 11) is 1.53. The predicted octanol–water partition coefficient (Wildman–Crippen LogP) is 1.23. The van der Waals surface area contributed by atoms with Gasteiger partial charge in [0.15, 0.2) is 18.8 Å². The second-order valence-electron chi connectivity index (χ2n) is 5.66. The number of methoxy groups -OCH3 is 1. The second-order valence-corrected chi connectivity index (χ2v) is 5.66. The monoisotopic (exact) mass is 398 g/mol. The van der Waals surface area contributed by atoms with Gasteiger partial charge in [0.2, 0.25) is 0 Å². The minimum Gasteiger partial charge on any atom is -0.458 e. The largest absolute Gasteiger partial charge is 0.458 e. The topological polar surface area (TPSA) is 107 Å². The molecule has 1 aromatic rings. The Balaban J connectivity index is 2.21. The smallest absolute Gasteiger partial charge is 0.347 e. The van der Waals surface area contributed by atoms with E-state index in [0.717, 1.165) is 5.56 Å². The van der Waals surface area contributed by atoms with Gasteiger partial charge in [-0.1, -0.05) is 30.3 Å². The fourth-order valence-corrected chi connectivity index (χ4v) is 1.79. The maximum Gasteiger partial charge on any atom is 0.347 e. The van der Waals surface area contributed by atoms with Crippen molar-refractivity contribution in [3.05, 3.63) is 35.9 Å². The van der Waals surface area contributed by atoms with Gasteiger partial charge in [-0.25, -0.2) is 14.4 Å². The molecule has 0 heterocycles. The Labute approximate surface area is 163 Å². The standard InChI is InChI=1S/C19H26O9/c1-14(27-13-24-10-9-23-3)18(21)26-12-17(20)28-15(2)19(22)25-11-16-7-5-4-6-8-16/h4-8,14-15H,9-13H2,1-3H3. The maximum absolute atomic E-state index is 11.8. The van der Waals surface area contributed by atoms with E-state index in [2.05, 4.69) is 0 Å². The molecule has 0 fully saturated rings. The number of hydrogen-bond acceptors (Lipinski definition) is 9. The third-order valence-electron chi connectivity index (χ3n) is 3.36. The third kappa shape index (κ3) is 10.0. The molecule has 1 aromatic carbocycles. The summed E-state index contributed by atoms with van der Waals surface area (Å²) >= 11 is 0. The van der Waals surface area contributed by atoms with Gasteiger partial charge in [-0.15, -0.1) is 0 Å². The van der Waals surface area contributed by atoms with Crippen LogP contribution in [0.3, 0.4) is 0 Å². The summed E-state index contributed by atoms with van der Waals surface area (Å²) in [6.45, 7) is 2.86. The third-order valence-corrected chi connectivity index (χ3v) is 3.36. The van der Waals surface area contributed by atoms with Crippen LogP contribution in [0, 0.1) is 0 Å². The number of ether oxygens (including phenoxy) is 6. The summed E-state index contributed by atoms with van der Waals surface area (Å²) < 4.78 is 29.7. The van der Waals surface area contributed by atoms with Crippen LogP contribution in [-0.4, -0.2) is 63.8 Å². The van der Waals surface area contributed by atoms with Crippen LogP contribution in [0.25, 0.3) is 0 Å². The average molecular weight is 398 g/mol. The summed E-state index contributed by atoms with van der Waals surface area (Å²) in [5.41, 5.74) is 0.809. The Kier molecular flexibility index (Phi) is 11.5. The summed E-state index contributed by atoms with van der Waals surface area (Å²) in [4.78, 5) is 35.3. The van der Waals surface area contributed by atoms with E-state index in [-0.39, 0.29) is 13.4 Å². The molecule has 0 saturated heterocycles. The second kappa shape index (κ2) is 13.6. The molecule has 2 unspecified atom stereocenters. The number of carbonyl (C=O) groups is 3. The molecule has 2 atom stereocenters. The van der Waals surface area contributed by atoms with Gasteiger partial charge in [-0.2, -0.15) is 0 Å². The van der Waals surface area contributed by atoms with Crippen LogP contribution in [0.15, 0.2) is 30.3 Å². The zero-order valence-corrected chi connectivity index (χ0v) is 16.3. The molecule has 0 aliphatic heterocycles. The highest BCUT2D eigenvalue weighted by Crippen LogP contribution is 2.04. The zero-order valence-electron chi connectivity index (χ0n) is 16.3. The van der Waals surface area contributed by atoms with Gasteiger partial charge in [0.1, 0.15) is 13.4 Å². The van der Waals surface area contributed by atoms with Crippen LogP contribution in [0.5, 0.6) is 0 Å². The van der Waals surface area contributed by atoms with E-state index in [1.54, 1.807) is 12.1 Å². The molecule has 28 heavy (non-hydrogen) atoms. The molecule has 0 saturated carbocycles. The zero-order chi connectivity index (χ0) is 20.8. The Morgan fingerprint density at radius 1 is 0.929 bits per heavy atom. The highest BCUT2D eigenvalue weighted by molar-refractivity contribution is 5.81. The summed E-state index contributed by atoms with van der Waals surface area (Å²) in [6.07, 6.45) is -2.05. The summed E-state index contributed by atoms with van der Waals surface area (Å²) in [5, 5.41) is 0. The van der Waals surface area contributed by atoms with Gasteiger partial charge in [-0.3, -0.25) is 0 Å². The van der Waals surface area contributed by atoms with Crippen LogP contribution in [0.1, 0.15) is 19.4 Å². The maximum atomic E-state index is 11.8. The molecular weight excluding hydrogens is 372 g/mol.